The third kappa shape index (κ3) is 7.01. The van der Waals surface area contributed by atoms with Gasteiger partial charge in [-0.25, -0.2) is 14.4 Å². The van der Waals surface area contributed by atoms with Gasteiger partial charge in [-0.3, -0.25) is 0 Å². The van der Waals surface area contributed by atoms with Crippen LogP contribution in [-0.4, -0.2) is 162 Å². The Hall–Kier alpha value is -2.07. The van der Waals surface area contributed by atoms with Gasteiger partial charge < -0.3 is 74.4 Å². The summed E-state index contributed by atoms with van der Waals surface area (Å²) in [5.74, 6) is -5.48. The Bertz CT molecular complexity index is 960. The van der Waals surface area contributed by atoms with E-state index in [4.69, 9.17) is 28.4 Å². The number of carboxylic acid groups (broad SMARTS) is 3. The highest BCUT2D eigenvalue weighted by Crippen LogP contribution is 2.34. The molecule has 6 unspecified atom stereocenters. The van der Waals surface area contributed by atoms with Crippen LogP contribution in [0.1, 0.15) is 27.7 Å². The molecule has 18 nitrogen and oxygen atoms in total. The third-order valence-corrected chi connectivity index (χ3v) is 7.11. The van der Waals surface area contributed by atoms with Crippen LogP contribution in [0.4, 0.5) is 0 Å². The van der Waals surface area contributed by atoms with Gasteiger partial charge in [0.2, 0.25) is 0 Å². The predicted molar refractivity (Wildman–Crippen MR) is 130 cm³/mol. The Morgan fingerprint density at radius 2 is 0.905 bits per heavy atom. The van der Waals surface area contributed by atoms with E-state index in [9.17, 15) is 60.3 Å². The maximum atomic E-state index is 12.1. The maximum Gasteiger partial charge on any atom is 0.335 e. The van der Waals surface area contributed by atoms with Crippen LogP contribution in [0.15, 0.2) is 0 Å². The molecule has 3 saturated heterocycles. The molecule has 0 saturated carbocycles. The second-order valence-corrected chi connectivity index (χ2v) is 10.9. The summed E-state index contributed by atoms with van der Waals surface area (Å²) in [6.45, 7) is 6.28. The first-order chi connectivity index (χ1) is 19.5. The van der Waals surface area contributed by atoms with E-state index >= 15 is 0 Å². The van der Waals surface area contributed by atoms with Crippen LogP contribution in [0.25, 0.3) is 0 Å². The average molecular weight is 615 g/mol. The molecule has 0 aromatic rings. The third-order valence-electron chi connectivity index (χ3n) is 7.11. The second-order valence-electron chi connectivity index (χ2n) is 10.9. The Morgan fingerprint density at radius 1 is 0.548 bits per heavy atom. The van der Waals surface area contributed by atoms with E-state index in [1.165, 1.54) is 13.8 Å². The van der Waals surface area contributed by atoms with Crippen LogP contribution in [0, 0.1) is 5.92 Å². The van der Waals surface area contributed by atoms with E-state index in [1.54, 1.807) is 13.8 Å². The van der Waals surface area contributed by atoms with Crippen molar-refractivity contribution in [2.75, 3.05) is 0 Å². The van der Waals surface area contributed by atoms with Gasteiger partial charge in [-0.2, -0.15) is 0 Å². The van der Waals surface area contributed by atoms with Gasteiger partial charge in [-0.05, 0) is 19.8 Å². The summed E-state index contributed by atoms with van der Waals surface area (Å²) in [5, 5.41) is 92.6. The van der Waals surface area contributed by atoms with Crippen molar-refractivity contribution in [2.24, 2.45) is 5.92 Å². The van der Waals surface area contributed by atoms with E-state index in [2.05, 4.69) is 0 Å². The van der Waals surface area contributed by atoms with Crippen molar-refractivity contribution in [3.05, 3.63) is 0 Å². The van der Waals surface area contributed by atoms with Gasteiger partial charge in [0, 0.05) is 0 Å². The summed E-state index contributed by atoms with van der Waals surface area (Å²) in [7, 11) is 0. The van der Waals surface area contributed by atoms with Crippen LogP contribution >= 0.6 is 0 Å². The predicted octanol–water partition coefficient (Wildman–Crippen LogP) is -4.16. The summed E-state index contributed by atoms with van der Waals surface area (Å²) >= 11 is 0. The van der Waals surface area contributed by atoms with E-state index in [-0.39, 0.29) is 0 Å². The van der Waals surface area contributed by atoms with Gasteiger partial charge in [0.1, 0.15) is 54.9 Å². The van der Waals surface area contributed by atoms with Crippen LogP contribution in [-0.2, 0) is 42.8 Å². The summed E-state index contributed by atoms with van der Waals surface area (Å²) in [5.41, 5.74) is 0. The molecule has 42 heavy (non-hydrogen) atoms. The normalized spacial score (nSPS) is 44.7. The Labute approximate surface area is 238 Å². The molecule has 0 bridgehead atoms. The number of carbonyl (C=O) groups is 3. The van der Waals surface area contributed by atoms with E-state index in [1.807, 2.05) is 0 Å². The lowest BCUT2D eigenvalue weighted by molar-refractivity contribution is -0.366. The minimum absolute atomic E-state index is 0.436. The maximum absolute atomic E-state index is 12.1. The number of aliphatic hydroxyl groups is 6. The fraction of sp³-hybridized carbons (Fsp3) is 0.875. The molecule has 0 amide bonds. The SMILES string of the molecule is CC(C)O[C@@H]1C(C(=O)O)O[C@@H](O[C@@H]2C(C(=O)O)O[C@@H](O[C@@H]3C(C(=O)O)O[C@@H](C(C)C)C(O)[C@H]3O)C(O)[C@H]2O)C(O)[C@H]1O. The topological polar surface area (TPSA) is 289 Å². The molecule has 0 aliphatic carbocycles. The molecule has 3 heterocycles. The van der Waals surface area contributed by atoms with Crippen LogP contribution in [0.2, 0.25) is 0 Å². The minimum atomic E-state index is -2.22. The summed E-state index contributed by atoms with van der Waals surface area (Å²) < 4.78 is 31.9. The van der Waals surface area contributed by atoms with Crippen molar-refractivity contribution in [1.82, 2.24) is 0 Å². The van der Waals surface area contributed by atoms with Crippen molar-refractivity contribution >= 4 is 17.9 Å². The molecule has 0 aromatic heterocycles. The van der Waals surface area contributed by atoms with Gasteiger partial charge in [-0.1, -0.05) is 13.8 Å². The summed E-state index contributed by atoms with van der Waals surface area (Å²) in [6, 6.07) is 0. The first-order valence-corrected chi connectivity index (χ1v) is 13.2. The van der Waals surface area contributed by atoms with Crippen LogP contribution in [0.3, 0.4) is 0 Å². The number of hydrogen-bond acceptors (Lipinski definition) is 15. The van der Waals surface area contributed by atoms with Crippen molar-refractivity contribution in [3.8, 4) is 0 Å². The molecule has 3 rings (SSSR count). The number of aliphatic carboxylic acids is 3. The lowest BCUT2D eigenvalue weighted by Gasteiger charge is -2.47. The molecule has 242 valence electrons. The first-order valence-electron chi connectivity index (χ1n) is 13.2. The smallest absolute Gasteiger partial charge is 0.335 e. The van der Waals surface area contributed by atoms with Crippen LogP contribution in [0.5, 0.6) is 0 Å². The highest BCUT2D eigenvalue weighted by Gasteiger charge is 2.57. The first kappa shape index (κ1) is 34.4. The van der Waals surface area contributed by atoms with Crippen LogP contribution < -0.4 is 0 Å². The lowest BCUT2D eigenvalue weighted by atomic mass is 9.89. The fourth-order valence-electron chi connectivity index (χ4n) is 5.02. The molecular formula is C24H38O18. The largest absolute Gasteiger partial charge is 0.479 e. The molecule has 0 spiro atoms. The van der Waals surface area contributed by atoms with E-state index in [0.29, 0.717) is 0 Å². The molecule has 3 fully saturated rings. The van der Waals surface area contributed by atoms with E-state index < -0.39 is 122 Å². The molecule has 0 radical (unpaired) electrons. The second kappa shape index (κ2) is 13.7. The summed E-state index contributed by atoms with van der Waals surface area (Å²) in [4.78, 5) is 35.7. The number of rotatable bonds is 10. The molecule has 18 heteroatoms. The Morgan fingerprint density at radius 3 is 1.29 bits per heavy atom. The minimum Gasteiger partial charge on any atom is -0.479 e. The lowest BCUT2D eigenvalue weighted by Crippen LogP contribution is -2.68. The molecule has 0 aromatic carbocycles. The van der Waals surface area contributed by atoms with Crippen molar-refractivity contribution in [2.45, 2.75) is 126 Å². The number of ether oxygens (including phenoxy) is 6. The quantitative estimate of drug-likeness (QED) is 0.113. The zero-order valence-electron chi connectivity index (χ0n) is 23.0. The van der Waals surface area contributed by atoms with Gasteiger partial charge in [0.15, 0.2) is 30.9 Å². The number of carboxylic acids is 3. The van der Waals surface area contributed by atoms with Crippen molar-refractivity contribution in [3.63, 3.8) is 0 Å². The van der Waals surface area contributed by atoms with Gasteiger partial charge in [-0.15, -0.1) is 0 Å². The Balaban J connectivity index is 1.82. The van der Waals surface area contributed by atoms with Crippen molar-refractivity contribution < 1.29 is 88.8 Å². The summed E-state index contributed by atoms with van der Waals surface area (Å²) in [6.07, 6.45) is -29.3. The molecule has 15 atom stereocenters. The molecule has 3 aliphatic heterocycles. The van der Waals surface area contributed by atoms with Crippen molar-refractivity contribution in [1.29, 1.82) is 0 Å². The molecule has 3 aliphatic rings. The zero-order chi connectivity index (χ0) is 31.8. The zero-order valence-corrected chi connectivity index (χ0v) is 23.0. The van der Waals surface area contributed by atoms with E-state index in [0.717, 1.165) is 0 Å². The highest BCUT2D eigenvalue weighted by molar-refractivity contribution is 5.74. The fourth-order valence-corrected chi connectivity index (χ4v) is 5.02. The van der Waals surface area contributed by atoms with Gasteiger partial charge in [0.25, 0.3) is 0 Å². The average Bonchev–Trinajstić information content (AvgIpc) is 2.89. The number of hydrogen-bond donors (Lipinski definition) is 9. The molecular weight excluding hydrogens is 576 g/mol. The van der Waals surface area contributed by atoms with Gasteiger partial charge in [0.05, 0.1) is 12.2 Å². The standard InChI is InChI=1S/C24H38O18/c1-5(2)13-7(25)8(26)15(17(38-13)20(31)32)39-24-12(30)10(28)16(19(42-24)22(35)36)40-23-11(29)9(27)14(37-6(3)4)18(41-23)21(33)34/h5-19,23-30H,1-4H3,(H,31,32)(H,33,34)(H,35,36)/t7?,8-,9-,10-,11?,12?,13+,14+,15+,16+,17?,18?,19?,23-,24-/m1/s1. The monoisotopic (exact) mass is 614 g/mol. The highest BCUT2D eigenvalue weighted by atomic mass is 16.8. The van der Waals surface area contributed by atoms with Gasteiger partial charge >= 0.3 is 17.9 Å². The Kier molecular flexibility index (Phi) is 11.2. The number of aliphatic hydroxyl groups excluding tert-OH is 6. The molecule has 9 N–H and O–H groups in total.